The van der Waals surface area contributed by atoms with Gasteiger partial charge in [0.25, 0.3) is 0 Å². The van der Waals surface area contributed by atoms with Crippen molar-refractivity contribution in [2.24, 2.45) is 0 Å². The fourth-order valence-corrected chi connectivity index (χ4v) is 5.48. The molecule has 4 rings (SSSR count). The largest absolute Gasteiger partial charge is 0.456 e. The molecule has 1 aliphatic heterocycles. The van der Waals surface area contributed by atoms with Crippen LogP contribution in [0.1, 0.15) is 20.8 Å². The van der Waals surface area contributed by atoms with Crippen LogP contribution < -0.4 is 0 Å². The summed E-state index contributed by atoms with van der Waals surface area (Å²) >= 11 is 7.00. The number of esters is 3. The number of para-hydroxylation sites is 2. The zero-order chi connectivity index (χ0) is 25.8. The molecule has 36 heavy (non-hydrogen) atoms. The highest BCUT2D eigenvalue weighted by molar-refractivity contribution is 7.99. The Bertz CT molecular complexity index is 1350. The number of aromatic nitrogens is 2. The van der Waals surface area contributed by atoms with Gasteiger partial charge in [-0.05, 0) is 24.3 Å². The van der Waals surface area contributed by atoms with Gasteiger partial charge in [-0.25, -0.2) is 4.98 Å². The second-order valence-electron chi connectivity index (χ2n) is 8.00. The summed E-state index contributed by atoms with van der Waals surface area (Å²) in [4.78, 5) is 40.4. The van der Waals surface area contributed by atoms with Gasteiger partial charge in [-0.1, -0.05) is 54.3 Å². The summed E-state index contributed by atoms with van der Waals surface area (Å²) < 4.78 is 24.7. The molecule has 9 nitrogen and oxygen atoms in total. The number of carbonyl (C=O) groups excluding carboxylic acids is 3. The van der Waals surface area contributed by atoms with Crippen molar-refractivity contribution in [1.29, 1.82) is 0 Å². The van der Waals surface area contributed by atoms with Crippen LogP contribution in [-0.2, 0) is 33.3 Å². The summed E-state index contributed by atoms with van der Waals surface area (Å²) in [5.41, 5.74) is 0.631. The Morgan fingerprint density at radius 1 is 0.917 bits per heavy atom. The maximum Gasteiger partial charge on any atom is 0.303 e. The molecule has 0 unspecified atom stereocenters. The molecule has 188 valence electrons. The first-order chi connectivity index (χ1) is 17.2. The molecule has 1 fully saturated rings. The van der Waals surface area contributed by atoms with E-state index in [9.17, 15) is 14.4 Å². The number of thioether (sulfide) groups is 1. The van der Waals surface area contributed by atoms with Crippen molar-refractivity contribution < 1.29 is 33.3 Å². The van der Waals surface area contributed by atoms with Crippen LogP contribution in [0.5, 0.6) is 0 Å². The maximum atomic E-state index is 12.0. The lowest BCUT2D eigenvalue weighted by Crippen LogP contribution is -2.56. The summed E-state index contributed by atoms with van der Waals surface area (Å²) in [6, 6.07) is 17.0. The van der Waals surface area contributed by atoms with E-state index in [0.717, 1.165) is 11.1 Å². The Hall–Kier alpha value is -3.28. The lowest BCUT2D eigenvalue weighted by Gasteiger charge is -2.40. The standard InChI is InChI=1S/C25H24N2O7S2/c1-14(28)32-20-13-31-24(22(34-16(3)30)21(20)33-15(2)29)36-25-26-19-12-8-7-11-18(19)23(35)27(25)17-9-5-4-6-10-17/h4-12,20-22,24H,13H2,1-3H3/t20-,21-,22+,24-/m0/s1. The molecule has 3 aromatic rings. The van der Waals surface area contributed by atoms with Gasteiger partial charge in [0.2, 0.25) is 0 Å². The normalized spacial score (nSPS) is 21.5. The highest BCUT2D eigenvalue weighted by Gasteiger charge is 2.47. The van der Waals surface area contributed by atoms with Crippen molar-refractivity contribution in [3.8, 4) is 5.69 Å². The van der Waals surface area contributed by atoms with Crippen molar-refractivity contribution in [1.82, 2.24) is 9.55 Å². The number of hydrogen-bond acceptors (Lipinski definition) is 10. The molecule has 0 N–H and O–H groups in total. The van der Waals surface area contributed by atoms with Crippen molar-refractivity contribution in [2.45, 2.75) is 49.7 Å². The Balaban J connectivity index is 1.79. The van der Waals surface area contributed by atoms with Crippen LogP contribution in [0.15, 0.2) is 59.8 Å². The first kappa shape index (κ1) is 25.8. The van der Waals surface area contributed by atoms with E-state index in [-0.39, 0.29) is 6.61 Å². The zero-order valence-corrected chi connectivity index (χ0v) is 21.4. The van der Waals surface area contributed by atoms with Crippen molar-refractivity contribution in [2.75, 3.05) is 6.61 Å². The molecule has 1 saturated heterocycles. The van der Waals surface area contributed by atoms with Crippen molar-refractivity contribution >= 4 is 52.8 Å². The number of benzene rings is 2. The molecule has 1 aliphatic rings. The summed E-state index contributed by atoms with van der Waals surface area (Å²) in [6.45, 7) is 3.62. The van der Waals surface area contributed by atoms with E-state index in [4.69, 9.17) is 36.1 Å². The van der Waals surface area contributed by atoms with Gasteiger partial charge in [-0.3, -0.25) is 19.0 Å². The number of fused-ring (bicyclic) bond motifs is 1. The van der Waals surface area contributed by atoms with Crippen LogP contribution in [0.2, 0.25) is 0 Å². The lowest BCUT2D eigenvalue weighted by atomic mass is 10.1. The molecule has 2 heterocycles. The Kier molecular flexibility index (Phi) is 8.02. The number of ether oxygens (including phenoxy) is 4. The number of rotatable bonds is 6. The van der Waals surface area contributed by atoms with Gasteiger partial charge >= 0.3 is 17.9 Å². The average molecular weight is 529 g/mol. The molecule has 2 aromatic carbocycles. The number of carbonyl (C=O) groups is 3. The second-order valence-corrected chi connectivity index (χ2v) is 9.46. The van der Waals surface area contributed by atoms with Gasteiger partial charge in [-0.2, -0.15) is 0 Å². The molecule has 0 saturated carbocycles. The first-order valence-electron chi connectivity index (χ1n) is 11.1. The van der Waals surface area contributed by atoms with Crippen LogP contribution in [-0.4, -0.2) is 57.8 Å². The van der Waals surface area contributed by atoms with Crippen LogP contribution in [0.4, 0.5) is 0 Å². The summed E-state index contributed by atoms with van der Waals surface area (Å²) in [6.07, 6.45) is -3.11. The maximum absolute atomic E-state index is 12.0. The highest BCUT2D eigenvalue weighted by Crippen LogP contribution is 2.36. The molecule has 1 aromatic heterocycles. The Labute approximate surface area is 216 Å². The SMILES string of the molecule is CC(=O)O[C@@H]1[C@@H](OC(C)=O)[C@H](Sc2nc3ccccc3c(=S)n2-c2ccccc2)OC[C@@H]1OC(C)=O. The molecule has 11 heteroatoms. The third-order valence-electron chi connectivity index (χ3n) is 5.29. The van der Waals surface area contributed by atoms with E-state index >= 15 is 0 Å². The average Bonchev–Trinajstić information content (AvgIpc) is 2.82. The first-order valence-corrected chi connectivity index (χ1v) is 12.4. The van der Waals surface area contributed by atoms with E-state index in [1.807, 2.05) is 59.2 Å². The van der Waals surface area contributed by atoms with E-state index in [1.165, 1.54) is 32.5 Å². The fraction of sp³-hybridized carbons (Fsp3) is 0.320. The number of hydrogen-bond donors (Lipinski definition) is 0. The van der Waals surface area contributed by atoms with Gasteiger partial charge < -0.3 is 18.9 Å². The lowest BCUT2D eigenvalue weighted by molar-refractivity contribution is -0.213. The molecule has 0 aliphatic carbocycles. The number of nitrogens with zero attached hydrogens (tertiary/aromatic N) is 2. The topological polar surface area (TPSA) is 106 Å². The van der Waals surface area contributed by atoms with Crippen LogP contribution in [0, 0.1) is 4.64 Å². The molecule has 0 amide bonds. The predicted octanol–water partition coefficient (Wildman–Crippen LogP) is 4.00. The third-order valence-corrected chi connectivity index (χ3v) is 6.81. The molecular formula is C25H24N2O7S2. The fourth-order valence-electron chi connectivity index (χ4n) is 3.91. The van der Waals surface area contributed by atoms with Gasteiger partial charge in [0, 0.05) is 31.8 Å². The van der Waals surface area contributed by atoms with Crippen LogP contribution in [0.25, 0.3) is 16.6 Å². The predicted molar refractivity (Wildman–Crippen MR) is 134 cm³/mol. The van der Waals surface area contributed by atoms with Gasteiger partial charge in [0.15, 0.2) is 28.9 Å². The van der Waals surface area contributed by atoms with Gasteiger partial charge in [0.1, 0.15) is 4.64 Å². The van der Waals surface area contributed by atoms with E-state index in [0.29, 0.717) is 15.3 Å². The van der Waals surface area contributed by atoms with Gasteiger partial charge in [-0.15, -0.1) is 0 Å². The zero-order valence-electron chi connectivity index (χ0n) is 19.8. The van der Waals surface area contributed by atoms with Gasteiger partial charge in [0.05, 0.1) is 12.1 Å². The van der Waals surface area contributed by atoms with Crippen LogP contribution >= 0.6 is 24.0 Å². The summed E-state index contributed by atoms with van der Waals surface area (Å²) in [5, 5.41) is 1.29. The minimum atomic E-state index is -1.08. The molecule has 0 bridgehead atoms. The quantitative estimate of drug-likeness (QED) is 0.202. The smallest absolute Gasteiger partial charge is 0.303 e. The van der Waals surface area contributed by atoms with E-state index < -0.39 is 41.7 Å². The molecule has 0 radical (unpaired) electrons. The minimum Gasteiger partial charge on any atom is -0.456 e. The van der Waals surface area contributed by atoms with Crippen LogP contribution in [0.3, 0.4) is 0 Å². The van der Waals surface area contributed by atoms with E-state index in [2.05, 4.69) is 0 Å². The summed E-state index contributed by atoms with van der Waals surface area (Å²) in [7, 11) is 0. The third kappa shape index (κ3) is 5.75. The Morgan fingerprint density at radius 3 is 2.19 bits per heavy atom. The summed E-state index contributed by atoms with van der Waals surface area (Å²) in [5.74, 6) is -1.81. The van der Waals surface area contributed by atoms with E-state index in [1.54, 1.807) is 0 Å². The molecule has 0 spiro atoms. The Morgan fingerprint density at radius 2 is 1.53 bits per heavy atom. The second kappa shape index (κ2) is 11.2. The van der Waals surface area contributed by atoms with Crippen molar-refractivity contribution in [3.63, 3.8) is 0 Å². The monoisotopic (exact) mass is 528 g/mol. The molecular weight excluding hydrogens is 504 g/mol. The minimum absolute atomic E-state index is 0.0768. The van der Waals surface area contributed by atoms with Crippen molar-refractivity contribution in [3.05, 3.63) is 59.2 Å². The highest BCUT2D eigenvalue weighted by atomic mass is 32.2. The molecule has 4 atom stereocenters.